The summed E-state index contributed by atoms with van der Waals surface area (Å²) in [7, 11) is 1.29. The first-order chi connectivity index (χ1) is 9.02. The Hall–Kier alpha value is -1.18. The number of ether oxygens (including phenoxy) is 3. The zero-order valence-electron chi connectivity index (χ0n) is 11.8. The summed E-state index contributed by atoms with van der Waals surface area (Å²) < 4.78 is 14.8. The molecule has 0 fully saturated rings. The fraction of sp³-hybridized carbons (Fsp3) is 0.833. The molecule has 0 aliphatic carbocycles. The minimum atomic E-state index is -0.658. The summed E-state index contributed by atoms with van der Waals surface area (Å²) in [6, 6.07) is -0.658. The van der Waals surface area contributed by atoms with Gasteiger partial charge in [-0.05, 0) is 5.92 Å². The molecule has 7 heteroatoms. The van der Waals surface area contributed by atoms with Gasteiger partial charge >= 0.3 is 5.97 Å². The zero-order chi connectivity index (χ0) is 14.7. The van der Waals surface area contributed by atoms with E-state index >= 15 is 0 Å². The molecule has 0 aliphatic heterocycles. The third kappa shape index (κ3) is 8.52. The largest absolute Gasteiger partial charge is 0.467 e. The van der Waals surface area contributed by atoms with Gasteiger partial charge in [0, 0.05) is 6.54 Å². The predicted molar refractivity (Wildman–Crippen MR) is 69.5 cm³/mol. The van der Waals surface area contributed by atoms with Crippen molar-refractivity contribution in [3.8, 4) is 0 Å². The number of nitrogens with one attached hydrogen (secondary N) is 1. The highest BCUT2D eigenvalue weighted by Crippen LogP contribution is 2.03. The number of hydrogen-bond donors (Lipinski definition) is 2. The summed E-state index contributed by atoms with van der Waals surface area (Å²) in [5, 5.41) is 2.57. The number of carbonyl (C=O) groups excluding carboxylic acids is 2. The summed E-state index contributed by atoms with van der Waals surface area (Å²) in [5.74, 6) is -0.873. The first-order valence-corrected chi connectivity index (χ1v) is 6.25. The predicted octanol–water partition coefficient (Wildman–Crippen LogP) is -0.708. The molecule has 1 amide bonds. The van der Waals surface area contributed by atoms with Crippen LogP contribution in [0.2, 0.25) is 0 Å². The molecule has 7 nitrogen and oxygen atoms in total. The van der Waals surface area contributed by atoms with Gasteiger partial charge in [-0.1, -0.05) is 13.8 Å². The lowest BCUT2D eigenvalue weighted by Crippen LogP contribution is -2.46. The van der Waals surface area contributed by atoms with E-state index in [2.05, 4.69) is 10.1 Å². The fourth-order valence-corrected chi connectivity index (χ4v) is 1.31. The van der Waals surface area contributed by atoms with Crippen LogP contribution < -0.4 is 11.1 Å². The standard InChI is InChI=1S/C12H24N2O5/c1-9(2)11(12(16)17-3)14-10(15)8-19-7-6-18-5-4-13/h9,11H,4-8,13H2,1-3H3,(H,14,15)/t11-/m0/s1. The van der Waals surface area contributed by atoms with Crippen LogP contribution in [0.5, 0.6) is 0 Å². The lowest BCUT2D eigenvalue weighted by atomic mass is 10.0. The van der Waals surface area contributed by atoms with Crippen molar-refractivity contribution in [2.24, 2.45) is 11.7 Å². The molecule has 0 aromatic carbocycles. The Morgan fingerprint density at radius 2 is 1.79 bits per heavy atom. The van der Waals surface area contributed by atoms with E-state index in [1.54, 1.807) is 0 Å². The first-order valence-electron chi connectivity index (χ1n) is 6.25. The number of rotatable bonds is 10. The van der Waals surface area contributed by atoms with Crippen molar-refractivity contribution < 1.29 is 23.8 Å². The summed E-state index contributed by atoms with van der Waals surface area (Å²) in [5.41, 5.74) is 5.24. The molecule has 3 N–H and O–H groups in total. The second kappa shape index (κ2) is 10.7. The van der Waals surface area contributed by atoms with Gasteiger partial charge in [0.1, 0.15) is 12.6 Å². The minimum absolute atomic E-state index is 0.0516. The van der Waals surface area contributed by atoms with E-state index in [0.29, 0.717) is 26.4 Å². The fourth-order valence-electron chi connectivity index (χ4n) is 1.31. The number of carbonyl (C=O) groups is 2. The Kier molecular flexibility index (Phi) is 10.1. The van der Waals surface area contributed by atoms with Gasteiger partial charge < -0.3 is 25.3 Å². The Morgan fingerprint density at radius 3 is 2.32 bits per heavy atom. The van der Waals surface area contributed by atoms with Crippen molar-refractivity contribution in [2.45, 2.75) is 19.9 Å². The quantitative estimate of drug-likeness (QED) is 0.404. The van der Waals surface area contributed by atoms with Gasteiger partial charge in [-0.25, -0.2) is 4.79 Å². The van der Waals surface area contributed by atoms with Crippen molar-refractivity contribution in [3.05, 3.63) is 0 Å². The normalized spacial score (nSPS) is 12.3. The molecule has 0 saturated heterocycles. The SMILES string of the molecule is COC(=O)[C@@H](NC(=O)COCCOCCN)C(C)C. The van der Waals surface area contributed by atoms with Crippen LogP contribution in [-0.2, 0) is 23.8 Å². The molecule has 0 bridgehead atoms. The molecule has 0 saturated carbocycles. The molecule has 0 unspecified atom stereocenters. The Balaban J connectivity index is 3.85. The summed E-state index contributed by atoms with van der Waals surface area (Å²) in [6.45, 7) is 5.13. The molecule has 0 rings (SSSR count). The highest BCUT2D eigenvalue weighted by Gasteiger charge is 2.24. The van der Waals surface area contributed by atoms with E-state index in [1.807, 2.05) is 13.8 Å². The number of nitrogens with two attached hydrogens (primary N) is 1. The van der Waals surface area contributed by atoms with Gasteiger partial charge in [0.05, 0.1) is 26.9 Å². The van der Waals surface area contributed by atoms with Gasteiger partial charge in [0.25, 0.3) is 0 Å². The molecular formula is C12H24N2O5. The second-order valence-electron chi connectivity index (χ2n) is 4.27. The second-order valence-corrected chi connectivity index (χ2v) is 4.27. The third-order valence-electron chi connectivity index (χ3n) is 2.31. The van der Waals surface area contributed by atoms with Crippen molar-refractivity contribution in [3.63, 3.8) is 0 Å². The Bertz CT molecular complexity index is 271. The average molecular weight is 276 g/mol. The van der Waals surface area contributed by atoms with E-state index in [9.17, 15) is 9.59 Å². The summed E-state index contributed by atoms with van der Waals surface area (Å²) >= 11 is 0. The van der Waals surface area contributed by atoms with Crippen LogP contribution >= 0.6 is 0 Å². The lowest BCUT2D eigenvalue weighted by Gasteiger charge is -2.19. The average Bonchev–Trinajstić information content (AvgIpc) is 2.38. The summed E-state index contributed by atoms with van der Waals surface area (Å²) in [6.07, 6.45) is 0. The van der Waals surface area contributed by atoms with Crippen LogP contribution in [0.4, 0.5) is 0 Å². The van der Waals surface area contributed by atoms with Gasteiger partial charge in [-0.2, -0.15) is 0 Å². The van der Waals surface area contributed by atoms with E-state index in [-0.39, 0.29) is 18.4 Å². The molecule has 0 heterocycles. The Labute approximate surface area is 113 Å². The molecule has 0 aromatic heterocycles. The molecule has 0 aliphatic rings. The van der Waals surface area contributed by atoms with Gasteiger partial charge in [0.15, 0.2) is 0 Å². The molecular weight excluding hydrogens is 252 g/mol. The van der Waals surface area contributed by atoms with Crippen LogP contribution in [0, 0.1) is 5.92 Å². The van der Waals surface area contributed by atoms with Crippen molar-refractivity contribution in [1.82, 2.24) is 5.32 Å². The monoisotopic (exact) mass is 276 g/mol. The highest BCUT2D eigenvalue weighted by molar-refractivity contribution is 5.85. The van der Waals surface area contributed by atoms with E-state index < -0.39 is 12.0 Å². The molecule has 0 spiro atoms. The van der Waals surface area contributed by atoms with Crippen LogP contribution in [-0.4, -0.2) is 58.0 Å². The molecule has 0 radical (unpaired) electrons. The van der Waals surface area contributed by atoms with E-state index in [0.717, 1.165) is 0 Å². The zero-order valence-corrected chi connectivity index (χ0v) is 11.8. The Morgan fingerprint density at radius 1 is 1.16 bits per heavy atom. The third-order valence-corrected chi connectivity index (χ3v) is 2.31. The van der Waals surface area contributed by atoms with Gasteiger partial charge in [-0.3, -0.25) is 4.79 Å². The van der Waals surface area contributed by atoms with Crippen molar-refractivity contribution in [1.29, 1.82) is 0 Å². The van der Waals surface area contributed by atoms with Gasteiger partial charge in [-0.15, -0.1) is 0 Å². The maximum Gasteiger partial charge on any atom is 0.328 e. The number of esters is 1. The minimum Gasteiger partial charge on any atom is -0.467 e. The lowest BCUT2D eigenvalue weighted by molar-refractivity contribution is -0.147. The highest BCUT2D eigenvalue weighted by atomic mass is 16.5. The van der Waals surface area contributed by atoms with Crippen LogP contribution in [0.3, 0.4) is 0 Å². The molecule has 0 aromatic rings. The van der Waals surface area contributed by atoms with Crippen LogP contribution in [0.15, 0.2) is 0 Å². The van der Waals surface area contributed by atoms with Crippen molar-refractivity contribution in [2.75, 3.05) is 40.1 Å². The maximum absolute atomic E-state index is 11.6. The number of hydrogen-bond acceptors (Lipinski definition) is 6. The molecule has 1 atom stereocenters. The topological polar surface area (TPSA) is 99.9 Å². The van der Waals surface area contributed by atoms with Crippen molar-refractivity contribution >= 4 is 11.9 Å². The summed E-state index contributed by atoms with van der Waals surface area (Å²) in [4.78, 5) is 23.0. The van der Waals surface area contributed by atoms with Crippen LogP contribution in [0.25, 0.3) is 0 Å². The maximum atomic E-state index is 11.6. The molecule has 19 heavy (non-hydrogen) atoms. The van der Waals surface area contributed by atoms with E-state index in [4.69, 9.17) is 15.2 Å². The first kappa shape index (κ1) is 17.8. The van der Waals surface area contributed by atoms with Crippen LogP contribution in [0.1, 0.15) is 13.8 Å². The number of methoxy groups -OCH3 is 1. The smallest absolute Gasteiger partial charge is 0.328 e. The molecule has 112 valence electrons. The van der Waals surface area contributed by atoms with Gasteiger partial charge in [0.2, 0.25) is 5.91 Å². The number of amides is 1. The van der Waals surface area contributed by atoms with E-state index in [1.165, 1.54) is 7.11 Å².